The third-order valence-corrected chi connectivity index (χ3v) is 5.05. The number of fused-ring (bicyclic) bond motifs is 1. The Hall–Kier alpha value is -2.86. The Morgan fingerprint density at radius 2 is 1.85 bits per heavy atom. The third-order valence-electron chi connectivity index (χ3n) is 5.05. The zero-order chi connectivity index (χ0) is 19.4. The van der Waals surface area contributed by atoms with Gasteiger partial charge in [0.25, 0.3) is 5.91 Å². The van der Waals surface area contributed by atoms with Gasteiger partial charge in [-0.25, -0.2) is 0 Å². The minimum Gasteiger partial charge on any atom is -0.373 e. The first-order valence-electron chi connectivity index (χ1n) is 9.15. The van der Waals surface area contributed by atoms with Crippen molar-refractivity contribution in [2.45, 2.75) is 19.5 Å². The summed E-state index contributed by atoms with van der Waals surface area (Å²) in [4.78, 5) is 29.0. The standard InChI is InChI=1S/C21H26N4O2/c1-15(20(26)23-18-9-6-8-16(13-18)21(27)22-2)25-12-11-24(3)19-10-5-4-7-17(19)14-25/h4-10,13,15H,11-12,14H2,1-3H3,(H,22,27)(H,23,26). The molecule has 2 N–H and O–H groups in total. The molecule has 2 aromatic rings. The fourth-order valence-electron chi connectivity index (χ4n) is 3.34. The Kier molecular flexibility index (Phi) is 5.76. The molecule has 6 heteroatoms. The molecule has 27 heavy (non-hydrogen) atoms. The van der Waals surface area contributed by atoms with Crippen LogP contribution in [-0.4, -0.2) is 49.9 Å². The van der Waals surface area contributed by atoms with E-state index in [1.54, 1.807) is 31.3 Å². The number of likely N-dealkylation sites (N-methyl/N-ethyl adjacent to an activating group) is 1. The van der Waals surface area contributed by atoms with Crippen molar-refractivity contribution in [1.29, 1.82) is 0 Å². The summed E-state index contributed by atoms with van der Waals surface area (Å²) in [6.45, 7) is 4.32. The van der Waals surface area contributed by atoms with Crippen molar-refractivity contribution in [3.8, 4) is 0 Å². The second-order valence-electron chi connectivity index (χ2n) is 6.85. The fraction of sp³-hybridized carbons (Fsp3) is 0.333. The van der Waals surface area contributed by atoms with E-state index in [9.17, 15) is 9.59 Å². The van der Waals surface area contributed by atoms with E-state index in [2.05, 4.69) is 39.6 Å². The molecule has 0 spiro atoms. The molecule has 3 rings (SSSR count). The normalized spacial score (nSPS) is 15.4. The van der Waals surface area contributed by atoms with E-state index in [1.165, 1.54) is 11.3 Å². The van der Waals surface area contributed by atoms with Crippen LogP contribution >= 0.6 is 0 Å². The molecule has 0 aliphatic carbocycles. The highest BCUT2D eigenvalue weighted by molar-refractivity contribution is 5.98. The van der Waals surface area contributed by atoms with Crippen LogP contribution in [0.25, 0.3) is 0 Å². The molecule has 0 fully saturated rings. The summed E-state index contributed by atoms with van der Waals surface area (Å²) in [5.74, 6) is -0.252. The Labute approximate surface area is 160 Å². The molecule has 1 atom stereocenters. The number of rotatable bonds is 4. The summed E-state index contributed by atoms with van der Waals surface area (Å²) < 4.78 is 0. The van der Waals surface area contributed by atoms with Crippen molar-refractivity contribution < 1.29 is 9.59 Å². The van der Waals surface area contributed by atoms with E-state index in [0.717, 1.165) is 19.6 Å². The lowest BCUT2D eigenvalue weighted by atomic mass is 10.1. The molecule has 2 amide bonds. The van der Waals surface area contributed by atoms with Crippen molar-refractivity contribution >= 4 is 23.2 Å². The van der Waals surface area contributed by atoms with Gasteiger partial charge in [-0.1, -0.05) is 24.3 Å². The van der Waals surface area contributed by atoms with Crippen LogP contribution in [0.4, 0.5) is 11.4 Å². The Morgan fingerprint density at radius 1 is 1.07 bits per heavy atom. The van der Waals surface area contributed by atoms with Crippen LogP contribution in [0.1, 0.15) is 22.8 Å². The number of nitrogens with zero attached hydrogens (tertiary/aromatic N) is 2. The van der Waals surface area contributed by atoms with Gasteiger partial charge in [0.05, 0.1) is 6.04 Å². The predicted molar refractivity (Wildman–Crippen MR) is 108 cm³/mol. The van der Waals surface area contributed by atoms with Gasteiger partial charge in [0.15, 0.2) is 0 Å². The quantitative estimate of drug-likeness (QED) is 0.872. The van der Waals surface area contributed by atoms with Crippen molar-refractivity contribution in [2.24, 2.45) is 0 Å². The van der Waals surface area contributed by atoms with E-state index in [0.29, 0.717) is 11.3 Å². The lowest BCUT2D eigenvalue weighted by molar-refractivity contribution is -0.120. The maximum absolute atomic E-state index is 12.8. The van der Waals surface area contributed by atoms with E-state index in [-0.39, 0.29) is 17.9 Å². The van der Waals surface area contributed by atoms with Gasteiger partial charge in [-0.15, -0.1) is 0 Å². The molecule has 0 saturated heterocycles. The van der Waals surface area contributed by atoms with Crippen LogP contribution in [0.2, 0.25) is 0 Å². The van der Waals surface area contributed by atoms with Crippen LogP contribution < -0.4 is 15.5 Å². The van der Waals surface area contributed by atoms with Crippen molar-refractivity contribution in [1.82, 2.24) is 10.2 Å². The molecule has 6 nitrogen and oxygen atoms in total. The van der Waals surface area contributed by atoms with E-state index < -0.39 is 0 Å². The number of carbonyl (C=O) groups is 2. The number of hydrogen-bond acceptors (Lipinski definition) is 4. The van der Waals surface area contributed by atoms with Crippen LogP contribution in [0.3, 0.4) is 0 Å². The lowest BCUT2D eigenvalue weighted by Crippen LogP contribution is -2.43. The highest BCUT2D eigenvalue weighted by atomic mass is 16.2. The summed E-state index contributed by atoms with van der Waals surface area (Å²) >= 11 is 0. The summed E-state index contributed by atoms with van der Waals surface area (Å²) in [7, 11) is 3.67. The lowest BCUT2D eigenvalue weighted by Gasteiger charge is -2.27. The smallest absolute Gasteiger partial charge is 0.251 e. The molecular formula is C21H26N4O2. The summed E-state index contributed by atoms with van der Waals surface area (Å²) in [6, 6.07) is 15.0. The second kappa shape index (κ2) is 8.22. The van der Waals surface area contributed by atoms with Gasteiger partial charge in [0.2, 0.25) is 5.91 Å². The first-order chi connectivity index (χ1) is 13.0. The molecule has 142 valence electrons. The highest BCUT2D eigenvalue weighted by Gasteiger charge is 2.25. The molecule has 1 heterocycles. The Bertz CT molecular complexity index is 836. The molecule has 0 saturated carbocycles. The second-order valence-corrected chi connectivity index (χ2v) is 6.85. The molecule has 1 unspecified atom stereocenters. The van der Waals surface area contributed by atoms with Crippen LogP contribution in [-0.2, 0) is 11.3 Å². The van der Waals surface area contributed by atoms with Gasteiger partial charge in [-0.3, -0.25) is 14.5 Å². The first kappa shape index (κ1) is 18.9. The minimum absolute atomic E-state index is 0.0777. The van der Waals surface area contributed by atoms with Gasteiger partial charge in [0, 0.05) is 50.7 Å². The third kappa shape index (κ3) is 4.28. The van der Waals surface area contributed by atoms with Gasteiger partial charge >= 0.3 is 0 Å². The molecule has 1 aliphatic rings. The maximum atomic E-state index is 12.8. The highest BCUT2D eigenvalue weighted by Crippen LogP contribution is 2.25. The number of nitrogens with one attached hydrogen (secondary N) is 2. The summed E-state index contributed by atoms with van der Waals surface area (Å²) in [5, 5.41) is 5.53. The topological polar surface area (TPSA) is 64.7 Å². The van der Waals surface area contributed by atoms with Crippen LogP contribution in [0, 0.1) is 0 Å². The summed E-state index contributed by atoms with van der Waals surface area (Å²) in [5.41, 5.74) is 3.58. The molecule has 0 bridgehead atoms. The van der Waals surface area contributed by atoms with Gasteiger partial charge < -0.3 is 15.5 Å². The minimum atomic E-state index is -0.284. The average Bonchev–Trinajstić information content (AvgIpc) is 2.86. The zero-order valence-electron chi connectivity index (χ0n) is 16.0. The molecule has 2 aromatic carbocycles. The number of hydrogen-bond donors (Lipinski definition) is 2. The number of para-hydroxylation sites is 1. The van der Waals surface area contributed by atoms with E-state index in [1.807, 2.05) is 19.1 Å². The number of benzene rings is 2. The maximum Gasteiger partial charge on any atom is 0.251 e. The largest absolute Gasteiger partial charge is 0.373 e. The van der Waals surface area contributed by atoms with E-state index >= 15 is 0 Å². The van der Waals surface area contributed by atoms with Crippen molar-refractivity contribution in [2.75, 3.05) is 37.4 Å². The average molecular weight is 366 g/mol. The van der Waals surface area contributed by atoms with Gasteiger partial charge in [-0.2, -0.15) is 0 Å². The van der Waals surface area contributed by atoms with Gasteiger partial charge in [0.1, 0.15) is 0 Å². The Morgan fingerprint density at radius 3 is 2.63 bits per heavy atom. The molecule has 1 aliphatic heterocycles. The van der Waals surface area contributed by atoms with Crippen molar-refractivity contribution in [3.63, 3.8) is 0 Å². The monoisotopic (exact) mass is 366 g/mol. The van der Waals surface area contributed by atoms with Gasteiger partial charge in [-0.05, 0) is 36.8 Å². The molecule has 0 radical (unpaired) electrons. The predicted octanol–water partition coefficient (Wildman–Crippen LogP) is 2.33. The Balaban J connectivity index is 1.71. The summed E-state index contributed by atoms with van der Waals surface area (Å²) in [6.07, 6.45) is 0. The van der Waals surface area contributed by atoms with Crippen LogP contribution in [0.5, 0.6) is 0 Å². The SMILES string of the molecule is CNC(=O)c1cccc(NC(=O)C(C)N2CCN(C)c3ccccc3C2)c1. The molecular weight excluding hydrogens is 340 g/mol. The zero-order valence-corrected chi connectivity index (χ0v) is 16.0. The van der Waals surface area contributed by atoms with E-state index in [4.69, 9.17) is 0 Å². The number of carbonyl (C=O) groups excluding carboxylic acids is 2. The number of amides is 2. The molecule has 0 aromatic heterocycles. The number of anilines is 2. The van der Waals surface area contributed by atoms with Crippen LogP contribution in [0.15, 0.2) is 48.5 Å². The fourth-order valence-corrected chi connectivity index (χ4v) is 3.34. The first-order valence-corrected chi connectivity index (χ1v) is 9.15. The van der Waals surface area contributed by atoms with Crippen molar-refractivity contribution in [3.05, 3.63) is 59.7 Å².